The fraction of sp³-hybridized carbons (Fsp3) is 0.579. The van der Waals surface area contributed by atoms with Crippen LogP contribution in [0.15, 0.2) is 60.7 Å². The van der Waals surface area contributed by atoms with E-state index in [-0.39, 0.29) is 36.4 Å². The average molecular weight is 646 g/mol. The molecule has 1 saturated heterocycles. The number of piperidine rings is 1. The summed E-state index contributed by atoms with van der Waals surface area (Å²) in [5.41, 5.74) is 13.9. The van der Waals surface area contributed by atoms with Crippen molar-refractivity contribution in [3.05, 3.63) is 71.8 Å². The molecule has 2 aliphatic rings. The van der Waals surface area contributed by atoms with Gasteiger partial charge in [-0.1, -0.05) is 74.5 Å². The van der Waals surface area contributed by atoms with Gasteiger partial charge in [0.1, 0.15) is 6.04 Å². The molecule has 6 unspecified atom stereocenters. The first-order valence-electron chi connectivity index (χ1n) is 17.6. The van der Waals surface area contributed by atoms with Gasteiger partial charge in [0.15, 0.2) is 5.78 Å². The molecule has 2 bridgehead atoms. The number of rotatable bonds is 18. The van der Waals surface area contributed by atoms with Crippen LogP contribution in [0.2, 0.25) is 0 Å². The molecule has 47 heavy (non-hydrogen) atoms. The second kappa shape index (κ2) is 18.1. The van der Waals surface area contributed by atoms with Crippen LogP contribution < -0.4 is 22.1 Å². The zero-order valence-electron chi connectivity index (χ0n) is 28.2. The van der Waals surface area contributed by atoms with Gasteiger partial charge in [-0.2, -0.15) is 0 Å². The first-order chi connectivity index (χ1) is 22.6. The van der Waals surface area contributed by atoms with E-state index in [1.165, 1.54) is 6.42 Å². The number of benzene rings is 2. The topological polar surface area (TPSA) is 148 Å². The van der Waals surface area contributed by atoms with E-state index in [0.717, 1.165) is 49.9 Å². The summed E-state index contributed by atoms with van der Waals surface area (Å²) in [4.78, 5) is 56.9. The van der Waals surface area contributed by atoms with Gasteiger partial charge in [-0.25, -0.2) is 0 Å². The van der Waals surface area contributed by atoms with E-state index in [4.69, 9.17) is 11.5 Å². The molecule has 3 amide bonds. The quantitative estimate of drug-likeness (QED) is 0.182. The largest absolute Gasteiger partial charge is 0.345 e. The van der Waals surface area contributed by atoms with Gasteiger partial charge in [-0.3, -0.25) is 19.2 Å². The smallest absolute Gasteiger partial charge is 0.245 e. The SMILES string of the molecule is CC(C)CC(CC(=O)C(Cc1ccccc1)NC(=O)C(N)Cc1ccccc1)C(=O)NC(CCCCN)C(=O)N1CC2CCC(C2)C1. The molecular formula is C38H55N5O4. The van der Waals surface area contributed by atoms with E-state index >= 15 is 0 Å². The minimum Gasteiger partial charge on any atom is -0.345 e. The summed E-state index contributed by atoms with van der Waals surface area (Å²) in [5.74, 6) is -0.361. The van der Waals surface area contributed by atoms with Crippen LogP contribution in [0.4, 0.5) is 0 Å². The Morgan fingerprint density at radius 3 is 1.96 bits per heavy atom. The third-order valence-electron chi connectivity index (χ3n) is 9.68. The zero-order valence-corrected chi connectivity index (χ0v) is 28.2. The van der Waals surface area contributed by atoms with E-state index in [9.17, 15) is 19.2 Å². The molecule has 0 spiro atoms. The molecule has 2 aromatic rings. The van der Waals surface area contributed by atoms with Crippen molar-refractivity contribution >= 4 is 23.5 Å². The normalized spacial score (nSPS) is 19.9. The number of amides is 3. The highest BCUT2D eigenvalue weighted by Gasteiger charge is 2.38. The van der Waals surface area contributed by atoms with Crippen LogP contribution in [0.1, 0.15) is 76.3 Å². The van der Waals surface area contributed by atoms with E-state index in [1.54, 1.807) is 0 Å². The van der Waals surface area contributed by atoms with Gasteiger partial charge in [0.05, 0.1) is 12.1 Å². The third kappa shape index (κ3) is 11.3. The number of ketones is 1. The first-order valence-corrected chi connectivity index (χ1v) is 17.6. The summed E-state index contributed by atoms with van der Waals surface area (Å²) in [6.45, 7) is 6.06. The summed E-state index contributed by atoms with van der Waals surface area (Å²) >= 11 is 0. The lowest BCUT2D eigenvalue weighted by Crippen LogP contribution is -2.53. The molecule has 1 heterocycles. The van der Waals surface area contributed by atoms with Crippen molar-refractivity contribution < 1.29 is 19.2 Å². The number of Topliss-reactive ketones (excluding diaryl/α,β-unsaturated/α-hetero) is 1. The molecule has 1 saturated carbocycles. The van der Waals surface area contributed by atoms with Gasteiger partial charge in [0, 0.05) is 25.4 Å². The highest BCUT2D eigenvalue weighted by atomic mass is 16.2. The lowest BCUT2D eigenvalue weighted by atomic mass is 9.88. The highest BCUT2D eigenvalue weighted by molar-refractivity contribution is 5.95. The van der Waals surface area contributed by atoms with Gasteiger partial charge >= 0.3 is 0 Å². The molecule has 0 radical (unpaired) electrons. The number of nitrogens with zero attached hydrogens (tertiary/aromatic N) is 1. The molecule has 1 aliphatic carbocycles. The molecule has 6 atom stereocenters. The number of nitrogens with one attached hydrogen (secondary N) is 2. The predicted molar refractivity (Wildman–Crippen MR) is 185 cm³/mol. The molecule has 9 nitrogen and oxygen atoms in total. The summed E-state index contributed by atoms with van der Waals surface area (Å²) in [6.07, 6.45) is 6.59. The van der Waals surface area contributed by atoms with Crippen LogP contribution in [0, 0.1) is 23.7 Å². The number of carbonyl (C=O) groups is 4. The van der Waals surface area contributed by atoms with Crippen molar-refractivity contribution in [2.24, 2.45) is 35.1 Å². The number of nitrogens with two attached hydrogens (primary N) is 2. The van der Waals surface area contributed by atoms with Gasteiger partial charge < -0.3 is 27.0 Å². The summed E-state index contributed by atoms with van der Waals surface area (Å²) in [7, 11) is 0. The number of likely N-dealkylation sites (tertiary alicyclic amines) is 1. The minimum atomic E-state index is -0.847. The van der Waals surface area contributed by atoms with Gasteiger partial charge in [0.2, 0.25) is 17.7 Å². The zero-order chi connectivity index (χ0) is 33.8. The number of unbranched alkanes of at least 4 members (excludes halogenated alkanes) is 1. The Bertz CT molecular complexity index is 1290. The minimum absolute atomic E-state index is 0.0248. The third-order valence-corrected chi connectivity index (χ3v) is 9.68. The second-order valence-corrected chi connectivity index (χ2v) is 14.2. The van der Waals surface area contributed by atoms with Crippen LogP contribution in [0.5, 0.6) is 0 Å². The Balaban J connectivity index is 1.47. The molecule has 0 aromatic heterocycles. The molecule has 2 fully saturated rings. The maximum atomic E-state index is 14.0. The average Bonchev–Trinajstić information content (AvgIpc) is 3.40. The number of hydrogen-bond acceptors (Lipinski definition) is 6. The fourth-order valence-corrected chi connectivity index (χ4v) is 7.22. The van der Waals surface area contributed by atoms with Crippen molar-refractivity contribution in [3.63, 3.8) is 0 Å². The Morgan fingerprint density at radius 1 is 0.809 bits per heavy atom. The maximum absolute atomic E-state index is 14.0. The van der Waals surface area contributed by atoms with Crippen molar-refractivity contribution in [3.8, 4) is 0 Å². The number of carbonyl (C=O) groups excluding carboxylic acids is 4. The molecular weight excluding hydrogens is 590 g/mol. The van der Waals surface area contributed by atoms with Crippen LogP contribution in [-0.2, 0) is 32.0 Å². The molecule has 6 N–H and O–H groups in total. The van der Waals surface area contributed by atoms with Crippen LogP contribution >= 0.6 is 0 Å². The van der Waals surface area contributed by atoms with Crippen LogP contribution in [-0.4, -0.2) is 66.2 Å². The number of hydrogen-bond donors (Lipinski definition) is 4. The van der Waals surface area contributed by atoms with Crippen molar-refractivity contribution in [1.29, 1.82) is 0 Å². The Morgan fingerprint density at radius 2 is 1.38 bits per heavy atom. The molecule has 2 aromatic carbocycles. The molecule has 1 aliphatic heterocycles. The molecule has 256 valence electrons. The Kier molecular flexibility index (Phi) is 14.0. The van der Waals surface area contributed by atoms with Gasteiger partial charge in [0.25, 0.3) is 0 Å². The lowest BCUT2D eigenvalue weighted by molar-refractivity contribution is -0.140. The van der Waals surface area contributed by atoms with E-state index < -0.39 is 30.0 Å². The van der Waals surface area contributed by atoms with Gasteiger partial charge in [-0.15, -0.1) is 0 Å². The standard InChI is InChI=1S/C38H55N5O4/c1-26(2)19-31(36(45)41-33(15-9-10-18-39)38(47)43-24-29-16-17-30(20-29)25-43)23-35(44)34(22-28-13-7-4-8-14-28)42-37(46)32(40)21-27-11-5-3-6-12-27/h3-8,11-14,26,29-34H,9-10,15-25,39-40H2,1-2H3,(H,41,45)(H,42,46). The summed E-state index contributed by atoms with van der Waals surface area (Å²) in [6, 6.07) is 16.7. The van der Waals surface area contributed by atoms with Crippen molar-refractivity contribution in [2.45, 2.75) is 96.2 Å². The highest BCUT2D eigenvalue weighted by Crippen LogP contribution is 2.36. The molecule has 9 heteroatoms. The fourth-order valence-electron chi connectivity index (χ4n) is 7.22. The van der Waals surface area contributed by atoms with Crippen molar-refractivity contribution in [2.75, 3.05) is 19.6 Å². The van der Waals surface area contributed by atoms with Crippen LogP contribution in [0.3, 0.4) is 0 Å². The van der Waals surface area contributed by atoms with E-state index in [1.807, 2.05) is 79.4 Å². The predicted octanol–water partition coefficient (Wildman–Crippen LogP) is 3.78. The first kappa shape index (κ1) is 36.3. The Labute approximate surface area is 280 Å². The van der Waals surface area contributed by atoms with E-state index in [0.29, 0.717) is 37.6 Å². The monoisotopic (exact) mass is 645 g/mol. The maximum Gasteiger partial charge on any atom is 0.245 e. The summed E-state index contributed by atoms with van der Waals surface area (Å²) in [5, 5.41) is 5.99. The Hall–Kier alpha value is -3.56. The molecule has 4 rings (SSSR count). The number of fused-ring (bicyclic) bond motifs is 2. The second-order valence-electron chi connectivity index (χ2n) is 14.2. The van der Waals surface area contributed by atoms with Gasteiger partial charge in [-0.05, 0) is 93.2 Å². The van der Waals surface area contributed by atoms with E-state index in [2.05, 4.69) is 10.6 Å². The van der Waals surface area contributed by atoms with Crippen LogP contribution in [0.25, 0.3) is 0 Å². The lowest BCUT2D eigenvalue weighted by Gasteiger charge is -2.35. The summed E-state index contributed by atoms with van der Waals surface area (Å²) < 4.78 is 0. The van der Waals surface area contributed by atoms with Crippen molar-refractivity contribution in [1.82, 2.24) is 15.5 Å².